The summed E-state index contributed by atoms with van der Waals surface area (Å²) in [7, 11) is 0. The fourth-order valence-corrected chi connectivity index (χ4v) is 8.88. The Morgan fingerprint density at radius 2 is 0.913 bits per heavy atom. The van der Waals surface area contributed by atoms with Gasteiger partial charge >= 0.3 is 0 Å². The largest absolute Gasteiger partial charge is 0.455 e. The smallest absolute Gasteiger partial charge is 0.143 e. The first-order valence-electron chi connectivity index (χ1n) is 16.0. The van der Waals surface area contributed by atoms with Gasteiger partial charge in [0, 0.05) is 16.5 Å². The van der Waals surface area contributed by atoms with Crippen molar-refractivity contribution < 1.29 is 4.74 Å². The second kappa shape index (κ2) is 8.62. The molecule has 1 heterocycles. The van der Waals surface area contributed by atoms with Crippen molar-refractivity contribution in [3.8, 4) is 56.0 Å². The summed E-state index contributed by atoms with van der Waals surface area (Å²) < 4.78 is 6.92. The quantitative estimate of drug-likeness (QED) is 0.187. The number of ether oxygens (including phenoxy) is 1. The molecule has 1 atom stereocenters. The van der Waals surface area contributed by atoms with Crippen molar-refractivity contribution in [2.45, 2.75) is 5.41 Å². The highest BCUT2D eigenvalue weighted by atomic mass is 16.5. The molecule has 2 aliphatic carbocycles. The van der Waals surface area contributed by atoms with E-state index in [4.69, 9.17) is 4.74 Å². The zero-order chi connectivity index (χ0) is 30.0. The van der Waals surface area contributed by atoms with E-state index in [2.05, 4.69) is 158 Å². The molecule has 212 valence electrons. The standard InChI is InChI=1S/C45H26O/c1-2-12-29-26-40-37(25-28(29)11-1)31-15-4-7-21-39(31)45(40)38-20-6-3-14-30(38)34-18-10-19-35(43(34)45)36-24-23-27-13-9-17-33-32-16-5-8-22-41(32)46-44(36)42(27)33/h1-26H. The summed E-state index contributed by atoms with van der Waals surface area (Å²) in [5.74, 6) is 1.85. The average Bonchev–Trinajstić information content (AvgIpc) is 3.58. The normalized spacial score (nSPS) is 16.1. The van der Waals surface area contributed by atoms with Gasteiger partial charge in [-0.15, -0.1) is 0 Å². The van der Waals surface area contributed by atoms with E-state index in [1.807, 2.05) is 0 Å². The fourth-order valence-electron chi connectivity index (χ4n) is 8.88. The molecule has 1 heteroatoms. The lowest BCUT2D eigenvalue weighted by Crippen LogP contribution is -2.26. The fraction of sp³-hybridized carbons (Fsp3) is 0.0222. The van der Waals surface area contributed by atoms with Crippen LogP contribution in [-0.4, -0.2) is 0 Å². The number of rotatable bonds is 1. The van der Waals surface area contributed by atoms with E-state index in [9.17, 15) is 0 Å². The molecule has 0 saturated carbocycles. The third-order valence-electron chi connectivity index (χ3n) is 10.6. The summed E-state index contributed by atoms with van der Waals surface area (Å²) in [5.41, 5.74) is 14.9. The van der Waals surface area contributed by atoms with Crippen LogP contribution in [0.15, 0.2) is 158 Å². The minimum Gasteiger partial charge on any atom is -0.455 e. The van der Waals surface area contributed by atoms with Gasteiger partial charge in [-0.1, -0.05) is 133 Å². The molecule has 0 bridgehead atoms. The summed E-state index contributed by atoms with van der Waals surface area (Å²) in [5, 5.41) is 4.91. The Balaban J connectivity index is 1.30. The van der Waals surface area contributed by atoms with Crippen molar-refractivity contribution >= 4 is 21.5 Å². The van der Waals surface area contributed by atoms with E-state index in [0.717, 1.165) is 22.6 Å². The first-order chi connectivity index (χ1) is 22.8. The molecule has 0 amide bonds. The SMILES string of the molecule is c1ccc2c(c1)Oc1c(-c3cccc4c3C3(c5ccccc5-c5cc6ccccc6cc53)c3ccccc3-4)ccc3cccc-2c13. The third kappa shape index (κ3) is 2.87. The number of fused-ring (bicyclic) bond motifs is 13. The zero-order valence-corrected chi connectivity index (χ0v) is 24.9. The molecule has 3 aliphatic rings. The van der Waals surface area contributed by atoms with Crippen LogP contribution >= 0.6 is 0 Å². The second-order valence-corrected chi connectivity index (χ2v) is 12.8. The van der Waals surface area contributed by atoms with Crippen LogP contribution in [0.2, 0.25) is 0 Å². The third-order valence-corrected chi connectivity index (χ3v) is 10.6. The molecule has 0 saturated heterocycles. The number of hydrogen-bond acceptors (Lipinski definition) is 1. The topological polar surface area (TPSA) is 9.23 Å². The van der Waals surface area contributed by atoms with E-state index < -0.39 is 5.41 Å². The van der Waals surface area contributed by atoms with Crippen molar-refractivity contribution in [2.24, 2.45) is 0 Å². The Morgan fingerprint density at radius 3 is 1.72 bits per heavy atom. The average molecular weight is 583 g/mol. The molecule has 1 unspecified atom stereocenters. The molecule has 11 rings (SSSR count). The van der Waals surface area contributed by atoms with Gasteiger partial charge in [-0.3, -0.25) is 0 Å². The van der Waals surface area contributed by atoms with Gasteiger partial charge in [-0.2, -0.15) is 0 Å². The molecule has 1 aliphatic heterocycles. The van der Waals surface area contributed by atoms with Crippen LogP contribution in [0.25, 0.3) is 66.1 Å². The van der Waals surface area contributed by atoms with Gasteiger partial charge in [0.25, 0.3) is 0 Å². The summed E-state index contributed by atoms with van der Waals surface area (Å²) in [6, 6.07) is 58.2. The molecule has 1 spiro atoms. The molecule has 8 aromatic carbocycles. The van der Waals surface area contributed by atoms with Gasteiger partial charge in [0.2, 0.25) is 0 Å². The van der Waals surface area contributed by atoms with E-state index in [0.29, 0.717) is 0 Å². The summed E-state index contributed by atoms with van der Waals surface area (Å²) in [6.07, 6.45) is 0. The summed E-state index contributed by atoms with van der Waals surface area (Å²) in [6.45, 7) is 0. The molecule has 0 radical (unpaired) electrons. The number of benzene rings is 8. The van der Waals surface area contributed by atoms with Crippen LogP contribution < -0.4 is 4.74 Å². The van der Waals surface area contributed by atoms with Crippen molar-refractivity contribution in [1.29, 1.82) is 0 Å². The van der Waals surface area contributed by atoms with Crippen molar-refractivity contribution in [2.75, 3.05) is 0 Å². The van der Waals surface area contributed by atoms with Gasteiger partial charge in [0.1, 0.15) is 11.5 Å². The van der Waals surface area contributed by atoms with Gasteiger partial charge in [-0.25, -0.2) is 0 Å². The maximum absolute atomic E-state index is 6.92. The van der Waals surface area contributed by atoms with E-state index in [1.165, 1.54) is 77.2 Å². The van der Waals surface area contributed by atoms with Crippen molar-refractivity contribution in [1.82, 2.24) is 0 Å². The maximum atomic E-state index is 6.92. The molecule has 46 heavy (non-hydrogen) atoms. The highest BCUT2D eigenvalue weighted by Crippen LogP contribution is 2.65. The van der Waals surface area contributed by atoms with Gasteiger partial charge in [0.05, 0.1) is 5.41 Å². The van der Waals surface area contributed by atoms with Gasteiger partial charge in [-0.05, 0) is 96.1 Å². The lowest BCUT2D eigenvalue weighted by Gasteiger charge is -2.33. The Morgan fingerprint density at radius 1 is 0.348 bits per heavy atom. The first-order valence-corrected chi connectivity index (χ1v) is 16.0. The van der Waals surface area contributed by atoms with E-state index >= 15 is 0 Å². The molecule has 0 aromatic heterocycles. The zero-order valence-electron chi connectivity index (χ0n) is 24.9. The molecular formula is C45H26O. The molecule has 0 fully saturated rings. The molecule has 0 N–H and O–H groups in total. The minimum absolute atomic E-state index is 0.466. The predicted molar refractivity (Wildman–Crippen MR) is 189 cm³/mol. The maximum Gasteiger partial charge on any atom is 0.143 e. The molecule has 8 aromatic rings. The lowest BCUT2D eigenvalue weighted by atomic mass is 9.68. The van der Waals surface area contributed by atoms with Gasteiger partial charge in [0.15, 0.2) is 0 Å². The Kier molecular flexibility index (Phi) is 4.57. The van der Waals surface area contributed by atoms with Crippen LogP contribution in [0.1, 0.15) is 22.3 Å². The highest BCUT2D eigenvalue weighted by Gasteiger charge is 2.53. The summed E-state index contributed by atoms with van der Waals surface area (Å²) >= 11 is 0. The predicted octanol–water partition coefficient (Wildman–Crippen LogP) is 11.8. The number of para-hydroxylation sites is 1. The van der Waals surface area contributed by atoms with Crippen LogP contribution in [0.5, 0.6) is 11.5 Å². The second-order valence-electron chi connectivity index (χ2n) is 12.8. The minimum atomic E-state index is -0.466. The van der Waals surface area contributed by atoms with E-state index in [-0.39, 0.29) is 0 Å². The van der Waals surface area contributed by atoms with E-state index in [1.54, 1.807) is 0 Å². The van der Waals surface area contributed by atoms with Crippen LogP contribution in [0, 0.1) is 0 Å². The Hall–Kier alpha value is -5.92. The van der Waals surface area contributed by atoms with Crippen LogP contribution in [0.3, 0.4) is 0 Å². The van der Waals surface area contributed by atoms with Crippen LogP contribution in [-0.2, 0) is 5.41 Å². The monoisotopic (exact) mass is 582 g/mol. The van der Waals surface area contributed by atoms with Gasteiger partial charge < -0.3 is 4.74 Å². The first kappa shape index (κ1) is 24.4. The molecule has 1 nitrogen and oxygen atoms in total. The molecular weight excluding hydrogens is 556 g/mol. The Labute approximate surface area is 267 Å². The lowest BCUT2D eigenvalue weighted by molar-refractivity contribution is 0.488. The van der Waals surface area contributed by atoms with Crippen LogP contribution in [0.4, 0.5) is 0 Å². The highest BCUT2D eigenvalue weighted by molar-refractivity contribution is 6.09. The van der Waals surface area contributed by atoms with Crippen molar-refractivity contribution in [3.05, 3.63) is 180 Å². The Bertz CT molecular complexity index is 2630. The summed E-state index contributed by atoms with van der Waals surface area (Å²) in [4.78, 5) is 0. The van der Waals surface area contributed by atoms with Crippen molar-refractivity contribution in [3.63, 3.8) is 0 Å². The number of hydrogen-bond donors (Lipinski definition) is 0.